The van der Waals surface area contributed by atoms with Crippen molar-refractivity contribution in [3.05, 3.63) is 0 Å². The number of piperidine rings is 1. The summed E-state index contributed by atoms with van der Waals surface area (Å²) in [7, 11) is 0. The van der Waals surface area contributed by atoms with E-state index in [0.717, 1.165) is 25.1 Å². The van der Waals surface area contributed by atoms with Crippen molar-refractivity contribution in [2.24, 2.45) is 0 Å². The average Bonchev–Trinajstić information content (AvgIpc) is 2.35. The molecule has 0 amide bonds. The van der Waals surface area contributed by atoms with Crippen LogP contribution in [0.3, 0.4) is 0 Å². The molecular weight excluding hydrogens is 218 g/mol. The number of unbranched alkanes of at least 4 members (excludes halogenated alkanes) is 1. The lowest BCUT2D eigenvalue weighted by Gasteiger charge is -2.39. The quantitative estimate of drug-likeness (QED) is 0.413. The Balaban J connectivity index is 2.55. The van der Waals surface area contributed by atoms with Gasteiger partial charge in [-0.25, -0.2) is 0 Å². The lowest BCUT2D eigenvalue weighted by atomic mass is 9.94. The number of rotatable bonds is 4. The zero-order chi connectivity index (χ0) is 11.9. The molecule has 0 aromatic heterocycles. The maximum Gasteiger partial charge on any atom is 0.0794 e. The van der Waals surface area contributed by atoms with Crippen molar-refractivity contribution in [1.82, 2.24) is 4.90 Å². The van der Waals surface area contributed by atoms with Crippen LogP contribution in [0.5, 0.6) is 0 Å². The van der Waals surface area contributed by atoms with E-state index >= 15 is 0 Å². The third-order valence-corrected chi connectivity index (χ3v) is 3.80. The summed E-state index contributed by atoms with van der Waals surface area (Å²) in [6.45, 7) is 6.96. The fourth-order valence-corrected chi connectivity index (χ4v) is 2.32. The molecule has 0 aliphatic carbocycles. The van der Waals surface area contributed by atoms with Crippen LogP contribution in [0.15, 0.2) is 0 Å². The molecule has 1 nitrogen and oxygen atoms in total. The van der Waals surface area contributed by atoms with Crippen LogP contribution in [0.1, 0.15) is 52.4 Å². The third-order valence-electron chi connectivity index (χ3n) is 3.54. The van der Waals surface area contributed by atoms with Gasteiger partial charge in [-0.2, -0.15) is 0 Å². The zero-order valence-corrected chi connectivity index (χ0v) is 11.4. The number of alkyl halides is 1. The van der Waals surface area contributed by atoms with E-state index in [1.54, 1.807) is 0 Å². The van der Waals surface area contributed by atoms with Gasteiger partial charge in [0.25, 0.3) is 0 Å². The van der Waals surface area contributed by atoms with Gasteiger partial charge in [-0.1, -0.05) is 19.3 Å². The standard InChI is InChI=1S/C14H24ClN/c1-3-14(2,10-6-4-7-11-15)16-12-8-5-9-13-16/h3-5,7-9,11-13H2,1-2H3. The first-order valence-electron chi connectivity index (χ1n) is 6.54. The molecular formula is C14H24ClN. The van der Waals surface area contributed by atoms with Gasteiger partial charge in [0, 0.05) is 12.3 Å². The van der Waals surface area contributed by atoms with Crippen LogP contribution in [0.25, 0.3) is 0 Å². The van der Waals surface area contributed by atoms with Gasteiger partial charge < -0.3 is 0 Å². The van der Waals surface area contributed by atoms with Crippen LogP contribution < -0.4 is 0 Å². The summed E-state index contributed by atoms with van der Waals surface area (Å²) in [5.74, 6) is 7.49. The number of halogens is 1. The summed E-state index contributed by atoms with van der Waals surface area (Å²) in [6.07, 6.45) is 7.11. The molecule has 0 aromatic carbocycles. The predicted molar refractivity (Wildman–Crippen MR) is 71.9 cm³/mol. The Kier molecular flexibility index (Phi) is 6.24. The van der Waals surface area contributed by atoms with Gasteiger partial charge in [-0.05, 0) is 45.7 Å². The van der Waals surface area contributed by atoms with Crippen LogP contribution in [0.4, 0.5) is 0 Å². The molecule has 1 aliphatic heterocycles. The summed E-state index contributed by atoms with van der Waals surface area (Å²) >= 11 is 5.66. The van der Waals surface area contributed by atoms with Crippen molar-refractivity contribution >= 4 is 11.6 Å². The Morgan fingerprint density at radius 3 is 2.50 bits per heavy atom. The van der Waals surface area contributed by atoms with Crippen molar-refractivity contribution in [1.29, 1.82) is 0 Å². The van der Waals surface area contributed by atoms with E-state index in [-0.39, 0.29) is 5.54 Å². The molecule has 0 radical (unpaired) electrons. The highest BCUT2D eigenvalue weighted by Gasteiger charge is 2.28. The smallest absolute Gasteiger partial charge is 0.0794 e. The van der Waals surface area contributed by atoms with E-state index in [2.05, 4.69) is 30.6 Å². The molecule has 1 unspecified atom stereocenters. The zero-order valence-electron chi connectivity index (χ0n) is 10.7. The van der Waals surface area contributed by atoms with Crippen LogP contribution >= 0.6 is 11.6 Å². The minimum absolute atomic E-state index is 0.0900. The van der Waals surface area contributed by atoms with Crippen molar-refractivity contribution in [2.75, 3.05) is 19.0 Å². The molecule has 0 saturated carbocycles. The number of hydrogen-bond donors (Lipinski definition) is 0. The predicted octanol–water partition coefficient (Wildman–Crippen LogP) is 3.66. The maximum absolute atomic E-state index is 5.66. The molecule has 92 valence electrons. The van der Waals surface area contributed by atoms with E-state index in [4.69, 9.17) is 11.6 Å². The van der Waals surface area contributed by atoms with Gasteiger partial charge in [0.2, 0.25) is 0 Å². The Bertz CT molecular complexity index is 247. The highest BCUT2D eigenvalue weighted by atomic mass is 35.5. The SMILES string of the molecule is CCC(C)(C#CCCCCl)N1CCCCC1. The van der Waals surface area contributed by atoms with Crippen molar-refractivity contribution < 1.29 is 0 Å². The van der Waals surface area contributed by atoms with Crippen molar-refractivity contribution in [2.45, 2.75) is 57.9 Å². The molecule has 1 atom stereocenters. The second-order valence-corrected chi connectivity index (χ2v) is 5.15. The monoisotopic (exact) mass is 241 g/mol. The third kappa shape index (κ3) is 4.00. The van der Waals surface area contributed by atoms with Crippen LogP contribution in [0.2, 0.25) is 0 Å². The first-order valence-corrected chi connectivity index (χ1v) is 7.07. The van der Waals surface area contributed by atoms with Gasteiger partial charge >= 0.3 is 0 Å². The molecule has 1 saturated heterocycles. The van der Waals surface area contributed by atoms with Gasteiger partial charge in [-0.15, -0.1) is 17.5 Å². The normalized spacial score (nSPS) is 20.9. The lowest BCUT2D eigenvalue weighted by molar-refractivity contribution is 0.122. The molecule has 16 heavy (non-hydrogen) atoms. The van der Waals surface area contributed by atoms with Crippen molar-refractivity contribution in [3.8, 4) is 11.8 Å². The Morgan fingerprint density at radius 2 is 1.94 bits per heavy atom. The second-order valence-electron chi connectivity index (χ2n) is 4.77. The first-order chi connectivity index (χ1) is 7.73. The average molecular weight is 242 g/mol. The highest BCUT2D eigenvalue weighted by Crippen LogP contribution is 2.23. The number of nitrogens with zero attached hydrogens (tertiary/aromatic N) is 1. The molecule has 0 spiro atoms. The van der Waals surface area contributed by atoms with Gasteiger partial charge in [0.05, 0.1) is 5.54 Å². The fourth-order valence-electron chi connectivity index (χ4n) is 2.19. The largest absolute Gasteiger partial charge is 0.288 e. The molecule has 0 N–H and O–H groups in total. The van der Waals surface area contributed by atoms with Crippen LogP contribution in [0, 0.1) is 11.8 Å². The summed E-state index contributed by atoms with van der Waals surface area (Å²) in [4.78, 5) is 2.56. The summed E-state index contributed by atoms with van der Waals surface area (Å²) in [5, 5.41) is 0. The van der Waals surface area contributed by atoms with Crippen molar-refractivity contribution in [3.63, 3.8) is 0 Å². The van der Waals surface area contributed by atoms with Crippen LogP contribution in [-0.2, 0) is 0 Å². The van der Waals surface area contributed by atoms with E-state index in [1.165, 1.54) is 32.4 Å². The lowest BCUT2D eigenvalue weighted by Crippen LogP contribution is -2.47. The summed E-state index contributed by atoms with van der Waals surface area (Å²) in [5.41, 5.74) is 0.0900. The summed E-state index contributed by atoms with van der Waals surface area (Å²) < 4.78 is 0. The molecule has 1 heterocycles. The minimum atomic E-state index is 0.0900. The molecule has 2 heteroatoms. The Labute approximate surface area is 106 Å². The Morgan fingerprint density at radius 1 is 1.25 bits per heavy atom. The Hall–Kier alpha value is -0.190. The summed E-state index contributed by atoms with van der Waals surface area (Å²) in [6, 6.07) is 0. The molecule has 0 aromatic rings. The number of likely N-dealkylation sites (tertiary alicyclic amines) is 1. The second kappa shape index (κ2) is 7.20. The van der Waals surface area contributed by atoms with Gasteiger partial charge in [-0.3, -0.25) is 4.90 Å². The fraction of sp³-hybridized carbons (Fsp3) is 0.857. The van der Waals surface area contributed by atoms with Gasteiger partial charge in [0.1, 0.15) is 0 Å². The molecule has 1 rings (SSSR count). The van der Waals surface area contributed by atoms with E-state index in [0.29, 0.717) is 0 Å². The molecule has 1 fully saturated rings. The van der Waals surface area contributed by atoms with E-state index in [9.17, 15) is 0 Å². The highest BCUT2D eigenvalue weighted by molar-refractivity contribution is 6.17. The first kappa shape index (κ1) is 13.9. The topological polar surface area (TPSA) is 3.24 Å². The maximum atomic E-state index is 5.66. The number of hydrogen-bond acceptors (Lipinski definition) is 1. The van der Waals surface area contributed by atoms with E-state index < -0.39 is 0 Å². The molecule has 0 bridgehead atoms. The molecule has 1 aliphatic rings. The van der Waals surface area contributed by atoms with E-state index in [1.807, 2.05) is 0 Å². The van der Waals surface area contributed by atoms with Crippen LogP contribution in [-0.4, -0.2) is 29.4 Å². The van der Waals surface area contributed by atoms with Gasteiger partial charge in [0.15, 0.2) is 0 Å². The minimum Gasteiger partial charge on any atom is -0.288 e.